The molecular formula is C48H81N3O6. The number of esters is 3. The third kappa shape index (κ3) is 11.4. The van der Waals surface area contributed by atoms with Crippen molar-refractivity contribution < 1.29 is 28.6 Å². The van der Waals surface area contributed by atoms with Crippen molar-refractivity contribution in [3.05, 3.63) is 34.9 Å². The lowest BCUT2D eigenvalue weighted by atomic mass is 9.53. The summed E-state index contributed by atoms with van der Waals surface area (Å²) in [6.45, 7) is 25.6. The Balaban J connectivity index is 0.000000189. The van der Waals surface area contributed by atoms with Gasteiger partial charge in [0.15, 0.2) is 0 Å². The lowest BCUT2D eigenvalue weighted by molar-refractivity contribution is -0.163. The molecule has 6 aliphatic rings. The Labute approximate surface area is 346 Å². The van der Waals surface area contributed by atoms with E-state index in [0.717, 1.165) is 56.3 Å². The van der Waals surface area contributed by atoms with Gasteiger partial charge in [0.25, 0.3) is 0 Å². The molecule has 0 radical (unpaired) electrons. The summed E-state index contributed by atoms with van der Waals surface area (Å²) in [5.74, 6) is 3.36. The van der Waals surface area contributed by atoms with Crippen LogP contribution in [0.5, 0.6) is 0 Å². The predicted molar refractivity (Wildman–Crippen MR) is 230 cm³/mol. The van der Waals surface area contributed by atoms with Crippen LogP contribution in [0.3, 0.4) is 0 Å². The van der Waals surface area contributed by atoms with E-state index in [1.54, 1.807) is 0 Å². The zero-order valence-corrected chi connectivity index (χ0v) is 38.0. The molecule has 9 nitrogen and oxygen atoms in total. The van der Waals surface area contributed by atoms with Crippen LogP contribution in [-0.4, -0.2) is 54.3 Å². The molecule has 3 saturated carbocycles. The Kier molecular flexibility index (Phi) is 14.9. The molecule has 0 aromatic carbocycles. The minimum Gasteiger partial charge on any atom is -0.460 e. The van der Waals surface area contributed by atoms with E-state index in [0.29, 0.717) is 56.7 Å². The van der Waals surface area contributed by atoms with Crippen LogP contribution in [0.15, 0.2) is 34.9 Å². The highest BCUT2D eigenvalue weighted by atomic mass is 16.6. The van der Waals surface area contributed by atoms with Gasteiger partial charge in [-0.25, -0.2) is 0 Å². The number of carbonyl (C=O) groups excluding carboxylic acids is 3. The first-order valence-electron chi connectivity index (χ1n) is 22.2. The Morgan fingerprint density at radius 3 is 0.912 bits per heavy atom. The lowest BCUT2D eigenvalue weighted by Gasteiger charge is -2.51. The Morgan fingerprint density at radius 1 is 0.509 bits per heavy atom. The van der Waals surface area contributed by atoms with E-state index >= 15 is 0 Å². The van der Waals surface area contributed by atoms with Crippen molar-refractivity contribution in [1.82, 2.24) is 0 Å². The molecule has 0 amide bonds. The zero-order chi connectivity index (χ0) is 42.8. The largest absolute Gasteiger partial charge is 0.460 e. The average Bonchev–Trinajstić information content (AvgIpc) is 3.74. The fraction of sp³-hybridized carbons (Fsp3) is 0.812. The van der Waals surface area contributed by atoms with Crippen molar-refractivity contribution >= 4 is 17.9 Å². The monoisotopic (exact) mass is 796 g/mol. The van der Waals surface area contributed by atoms with E-state index < -0.39 is 16.8 Å². The molecule has 57 heavy (non-hydrogen) atoms. The third-order valence-electron chi connectivity index (χ3n) is 13.8. The summed E-state index contributed by atoms with van der Waals surface area (Å²) in [5, 5.41) is 0. The van der Waals surface area contributed by atoms with Gasteiger partial charge in [-0.1, -0.05) is 55.7 Å². The van der Waals surface area contributed by atoms with E-state index in [4.69, 9.17) is 31.4 Å². The highest BCUT2D eigenvalue weighted by molar-refractivity contribution is 5.72. The van der Waals surface area contributed by atoms with E-state index in [9.17, 15) is 14.4 Å². The SMILES string of the molecule is CCC1=C[C@@H]2[C@H](C1)C[C@]2(CN)CC(=O)OC(C)(C)C.CCC1=C[C@@H]2[C@H](C1)C[C@]2(CN)CC(=O)OC(C)(C)C.CCC1=C[C@H]2[C@@H](C1)C[C@@]2(CN)CC(=O)OC(C)(C)C. The van der Waals surface area contributed by atoms with Crippen LogP contribution in [-0.2, 0) is 28.6 Å². The topological polar surface area (TPSA) is 157 Å². The maximum Gasteiger partial charge on any atom is 0.306 e. The van der Waals surface area contributed by atoms with E-state index in [2.05, 4.69) is 39.0 Å². The quantitative estimate of drug-likeness (QED) is 0.0996. The van der Waals surface area contributed by atoms with Crippen molar-refractivity contribution in [3.63, 3.8) is 0 Å². The molecule has 9 atom stereocenters. The van der Waals surface area contributed by atoms with Crippen LogP contribution in [0.4, 0.5) is 0 Å². The average molecular weight is 796 g/mol. The summed E-state index contributed by atoms with van der Waals surface area (Å²) in [4.78, 5) is 36.2. The van der Waals surface area contributed by atoms with E-state index in [1.165, 1.54) is 36.0 Å². The van der Waals surface area contributed by atoms with Gasteiger partial charge >= 0.3 is 17.9 Å². The zero-order valence-electron chi connectivity index (χ0n) is 38.0. The van der Waals surface area contributed by atoms with Crippen molar-refractivity contribution in [2.24, 2.45) is 69.0 Å². The van der Waals surface area contributed by atoms with Crippen molar-refractivity contribution in [2.75, 3.05) is 19.6 Å². The fourth-order valence-electron chi connectivity index (χ4n) is 11.1. The standard InChI is InChI=1S/3C16H27NO2/c3*1-5-11-6-12-8-16(10-17,13(12)7-11)9-14(18)19-15(2,3)4/h3*7,12-13H,5-6,8-10,17H2,1-4H3/t3*12-,13-,16-/m110/s1. The van der Waals surface area contributed by atoms with Crippen LogP contribution < -0.4 is 17.2 Å². The number of ether oxygens (including phenoxy) is 3. The summed E-state index contributed by atoms with van der Waals surface area (Å²) in [6.07, 6.45) is 18.8. The molecule has 6 N–H and O–H groups in total. The molecule has 0 aromatic heterocycles. The van der Waals surface area contributed by atoms with Gasteiger partial charge in [0.1, 0.15) is 16.8 Å². The highest BCUT2D eigenvalue weighted by Gasteiger charge is 2.57. The lowest BCUT2D eigenvalue weighted by Crippen LogP contribution is -2.51. The Morgan fingerprint density at radius 2 is 0.737 bits per heavy atom. The number of hydrogen-bond acceptors (Lipinski definition) is 9. The summed E-state index contributed by atoms with van der Waals surface area (Å²) in [7, 11) is 0. The first-order chi connectivity index (χ1) is 26.4. The number of fused-ring (bicyclic) bond motifs is 3. The Bertz CT molecular complexity index is 1360. The van der Waals surface area contributed by atoms with Gasteiger partial charge < -0.3 is 31.4 Å². The van der Waals surface area contributed by atoms with Crippen molar-refractivity contribution in [1.29, 1.82) is 0 Å². The van der Waals surface area contributed by atoms with Gasteiger partial charge in [-0.15, -0.1) is 0 Å². The molecule has 0 heterocycles. The van der Waals surface area contributed by atoms with E-state index in [-0.39, 0.29) is 34.2 Å². The normalized spacial score (nSPS) is 33.4. The summed E-state index contributed by atoms with van der Waals surface area (Å²) >= 11 is 0. The molecule has 0 spiro atoms. The predicted octanol–water partition coefficient (Wildman–Crippen LogP) is 9.12. The van der Waals surface area contributed by atoms with Crippen LogP contribution in [0.25, 0.3) is 0 Å². The smallest absolute Gasteiger partial charge is 0.306 e. The second-order valence-electron chi connectivity index (χ2n) is 21.6. The van der Waals surface area contributed by atoms with Crippen LogP contribution >= 0.6 is 0 Å². The minimum absolute atomic E-state index is 0.0378. The van der Waals surface area contributed by atoms with Crippen LogP contribution in [0, 0.1) is 51.8 Å². The third-order valence-corrected chi connectivity index (χ3v) is 13.8. The second kappa shape index (κ2) is 18.0. The Hall–Kier alpha value is -2.49. The second-order valence-corrected chi connectivity index (χ2v) is 21.6. The molecule has 0 bridgehead atoms. The van der Waals surface area contributed by atoms with Crippen molar-refractivity contribution in [2.45, 2.75) is 177 Å². The molecule has 6 rings (SSSR count). The molecule has 6 aliphatic carbocycles. The van der Waals surface area contributed by atoms with Gasteiger partial charge in [-0.3, -0.25) is 14.4 Å². The fourth-order valence-corrected chi connectivity index (χ4v) is 11.1. The van der Waals surface area contributed by atoms with E-state index in [1.807, 2.05) is 62.3 Å². The number of nitrogens with two attached hydrogens (primary N) is 3. The molecule has 9 heteroatoms. The summed E-state index contributed by atoms with van der Waals surface area (Å²) in [5.41, 5.74) is 21.2. The van der Waals surface area contributed by atoms with Gasteiger partial charge in [-0.2, -0.15) is 0 Å². The molecule has 0 unspecified atom stereocenters. The molecule has 0 saturated heterocycles. The highest BCUT2D eigenvalue weighted by Crippen LogP contribution is 2.61. The summed E-state index contributed by atoms with van der Waals surface area (Å²) in [6, 6.07) is 0. The van der Waals surface area contributed by atoms with Gasteiger partial charge in [0.05, 0.1) is 19.3 Å². The van der Waals surface area contributed by atoms with Gasteiger partial charge in [0.2, 0.25) is 0 Å². The number of carbonyl (C=O) groups is 3. The molecule has 324 valence electrons. The first kappa shape index (κ1) is 47.2. The first-order valence-corrected chi connectivity index (χ1v) is 22.2. The maximum absolute atomic E-state index is 12.1. The van der Waals surface area contributed by atoms with Crippen LogP contribution in [0.1, 0.15) is 160 Å². The molecule has 0 aliphatic heterocycles. The number of hydrogen-bond donors (Lipinski definition) is 3. The molecule has 0 aromatic rings. The molecule has 3 fully saturated rings. The van der Waals surface area contributed by atoms with Crippen LogP contribution in [0.2, 0.25) is 0 Å². The van der Waals surface area contributed by atoms with Gasteiger partial charge in [0, 0.05) is 0 Å². The van der Waals surface area contributed by atoms with Crippen molar-refractivity contribution in [3.8, 4) is 0 Å². The van der Waals surface area contributed by atoms with Gasteiger partial charge in [-0.05, 0) is 191 Å². The molecular weight excluding hydrogens is 715 g/mol. The summed E-state index contributed by atoms with van der Waals surface area (Å²) < 4.78 is 16.4. The number of rotatable bonds is 12. The number of allylic oxidation sites excluding steroid dienone is 6. The maximum atomic E-state index is 12.1. The minimum atomic E-state index is -0.407.